The van der Waals surface area contributed by atoms with Crippen LogP contribution in [0.2, 0.25) is 0 Å². The van der Waals surface area contributed by atoms with Crippen LogP contribution in [0, 0.1) is 0 Å². The smallest absolute Gasteiger partial charge is 0.274 e. The maximum atomic E-state index is 12.2. The lowest BCUT2D eigenvalue weighted by Gasteiger charge is -2.07. The molecule has 1 amide bonds. The lowest BCUT2D eigenvalue weighted by molar-refractivity contribution is 0.102. The SMILES string of the molecule is CCCNc1ccc(C(=O)Nc2ccc3c(c2)OCO3)nc1. The van der Waals surface area contributed by atoms with E-state index in [-0.39, 0.29) is 12.7 Å². The fraction of sp³-hybridized carbons (Fsp3) is 0.250. The number of anilines is 2. The first-order valence-electron chi connectivity index (χ1n) is 7.17. The molecule has 6 heteroatoms. The summed E-state index contributed by atoms with van der Waals surface area (Å²) in [5.74, 6) is 1.05. The van der Waals surface area contributed by atoms with Crippen molar-refractivity contribution in [1.29, 1.82) is 0 Å². The largest absolute Gasteiger partial charge is 0.454 e. The molecular weight excluding hydrogens is 282 g/mol. The fourth-order valence-electron chi connectivity index (χ4n) is 2.07. The molecule has 6 nitrogen and oxygen atoms in total. The third-order valence-electron chi connectivity index (χ3n) is 3.21. The predicted molar refractivity (Wildman–Crippen MR) is 83.5 cm³/mol. The molecule has 1 aromatic carbocycles. The summed E-state index contributed by atoms with van der Waals surface area (Å²) in [6, 6.07) is 8.81. The van der Waals surface area contributed by atoms with E-state index in [1.165, 1.54) is 0 Å². The Morgan fingerprint density at radius 1 is 1.18 bits per heavy atom. The summed E-state index contributed by atoms with van der Waals surface area (Å²) in [4.78, 5) is 16.3. The highest BCUT2D eigenvalue weighted by molar-refractivity contribution is 6.03. The van der Waals surface area contributed by atoms with Gasteiger partial charge in [-0.2, -0.15) is 0 Å². The zero-order valence-corrected chi connectivity index (χ0v) is 12.3. The summed E-state index contributed by atoms with van der Waals surface area (Å²) in [7, 11) is 0. The number of hydrogen-bond donors (Lipinski definition) is 2. The van der Waals surface area contributed by atoms with Gasteiger partial charge in [0.25, 0.3) is 5.91 Å². The van der Waals surface area contributed by atoms with Gasteiger partial charge in [0.05, 0.1) is 11.9 Å². The molecule has 2 N–H and O–H groups in total. The number of aromatic nitrogens is 1. The average Bonchev–Trinajstić information content (AvgIpc) is 3.01. The molecule has 0 fully saturated rings. The van der Waals surface area contributed by atoms with Crippen molar-refractivity contribution >= 4 is 17.3 Å². The summed E-state index contributed by atoms with van der Waals surface area (Å²) in [6.45, 7) is 3.18. The van der Waals surface area contributed by atoms with Crippen molar-refractivity contribution in [2.45, 2.75) is 13.3 Å². The number of amides is 1. The van der Waals surface area contributed by atoms with Gasteiger partial charge in [-0.1, -0.05) is 6.92 Å². The number of fused-ring (bicyclic) bond motifs is 1. The summed E-state index contributed by atoms with van der Waals surface area (Å²) in [5.41, 5.74) is 1.91. The molecule has 0 unspecified atom stereocenters. The van der Waals surface area contributed by atoms with Gasteiger partial charge in [-0.3, -0.25) is 4.79 Å². The number of pyridine rings is 1. The minimum Gasteiger partial charge on any atom is -0.454 e. The second-order valence-corrected chi connectivity index (χ2v) is 4.88. The molecular formula is C16H17N3O3. The van der Waals surface area contributed by atoms with Crippen LogP contribution in [0.3, 0.4) is 0 Å². The lowest BCUT2D eigenvalue weighted by Crippen LogP contribution is -2.13. The lowest BCUT2D eigenvalue weighted by atomic mass is 10.2. The number of hydrogen-bond acceptors (Lipinski definition) is 5. The van der Waals surface area contributed by atoms with E-state index in [2.05, 4.69) is 22.5 Å². The Bertz CT molecular complexity index is 671. The number of nitrogens with zero attached hydrogens (tertiary/aromatic N) is 1. The van der Waals surface area contributed by atoms with E-state index < -0.39 is 0 Å². The monoisotopic (exact) mass is 299 g/mol. The predicted octanol–water partition coefficient (Wildman–Crippen LogP) is 2.88. The van der Waals surface area contributed by atoms with Crippen LogP contribution in [-0.4, -0.2) is 24.2 Å². The first-order valence-corrected chi connectivity index (χ1v) is 7.17. The normalized spacial score (nSPS) is 12.0. The molecule has 2 heterocycles. The van der Waals surface area contributed by atoms with Gasteiger partial charge in [0, 0.05) is 18.3 Å². The van der Waals surface area contributed by atoms with Gasteiger partial charge < -0.3 is 20.1 Å². The Balaban J connectivity index is 1.66. The molecule has 0 saturated heterocycles. The topological polar surface area (TPSA) is 72.5 Å². The maximum Gasteiger partial charge on any atom is 0.274 e. The average molecular weight is 299 g/mol. The van der Waals surface area contributed by atoms with Gasteiger partial charge in [-0.05, 0) is 30.7 Å². The molecule has 114 valence electrons. The number of nitrogens with one attached hydrogen (secondary N) is 2. The Morgan fingerprint density at radius 2 is 2.00 bits per heavy atom. The molecule has 1 aromatic heterocycles. The summed E-state index contributed by atoms with van der Waals surface area (Å²) >= 11 is 0. The molecule has 0 spiro atoms. The first-order chi connectivity index (χ1) is 10.8. The van der Waals surface area contributed by atoms with Crippen molar-refractivity contribution in [1.82, 2.24) is 4.98 Å². The number of benzene rings is 1. The molecule has 0 aliphatic carbocycles. The van der Waals surface area contributed by atoms with Crippen LogP contribution in [0.4, 0.5) is 11.4 Å². The summed E-state index contributed by atoms with van der Waals surface area (Å²) in [5, 5.41) is 6.01. The molecule has 2 aromatic rings. The van der Waals surface area contributed by atoms with Gasteiger partial charge in [0.15, 0.2) is 11.5 Å². The number of carbonyl (C=O) groups excluding carboxylic acids is 1. The van der Waals surface area contributed by atoms with Crippen LogP contribution >= 0.6 is 0 Å². The van der Waals surface area contributed by atoms with Gasteiger partial charge in [-0.25, -0.2) is 4.98 Å². The molecule has 0 bridgehead atoms. The third kappa shape index (κ3) is 3.11. The van der Waals surface area contributed by atoms with Crippen LogP contribution in [0.1, 0.15) is 23.8 Å². The second-order valence-electron chi connectivity index (χ2n) is 4.88. The van der Waals surface area contributed by atoms with E-state index in [1.54, 1.807) is 30.5 Å². The molecule has 0 radical (unpaired) electrons. The molecule has 0 atom stereocenters. The number of carbonyl (C=O) groups is 1. The highest BCUT2D eigenvalue weighted by Gasteiger charge is 2.15. The zero-order chi connectivity index (χ0) is 15.4. The van der Waals surface area contributed by atoms with Gasteiger partial charge in [0.2, 0.25) is 6.79 Å². The van der Waals surface area contributed by atoms with E-state index in [0.717, 1.165) is 18.7 Å². The van der Waals surface area contributed by atoms with Crippen LogP contribution < -0.4 is 20.1 Å². The standard InChI is InChI=1S/C16H17N3O3/c1-2-7-17-12-3-5-13(18-9-12)16(20)19-11-4-6-14-15(8-11)22-10-21-14/h3-6,8-9,17H,2,7,10H2,1H3,(H,19,20). The highest BCUT2D eigenvalue weighted by atomic mass is 16.7. The van der Waals surface area contributed by atoms with Crippen molar-refractivity contribution in [3.8, 4) is 11.5 Å². The maximum absolute atomic E-state index is 12.2. The van der Waals surface area contributed by atoms with Crippen molar-refractivity contribution < 1.29 is 14.3 Å². The fourth-order valence-corrected chi connectivity index (χ4v) is 2.07. The van der Waals surface area contributed by atoms with E-state index in [1.807, 2.05) is 6.07 Å². The highest BCUT2D eigenvalue weighted by Crippen LogP contribution is 2.34. The number of rotatable bonds is 5. The Labute approximate surface area is 128 Å². The van der Waals surface area contributed by atoms with Crippen LogP contribution in [0.5, 0.6) is 11.5 Å². The van der Waals surface area contributed by atoms with E-state index in [4.69, 9.17) is 9.47 Å². The molecule has 3 rings (SSSR count). The van der Waals surface area contributed by atoms with Gasteiger partial charge in [0.1, 0.15) is 5.69 Å². The Morgan fingerprint density at radius 3 is 2.77 bits per heavy atom. The van der Waals surface area contributed by atoms with Crippen LogP contribution in [-0.2, 0) is 0 Å². The zero-order valence-electron chi connectivity index (χ0n) is 12.3. The van der Waals surface area contributed by atoms with Crippen molar-refractivity contribution in [2.75, 3.05) is 24.0 Å². The van der Waals surface area contributed by atoms with E-state index in [9.17, 15) is 4.79 Å². The summed E-state index contributed by atoms with van der Waals surface area (Å²) < 4.78 is 10.5. The van der Waals surface area contributed by atoms with Crippen molar-refractivity contribution in [3.05, 3.63) is 42.2 Å². The van der Waals surface area contributed by atoms with Crippen LogP contribution in [0.25, 0.3) is 0 Å². The second kappa shape index (κ2) is 6.34. The molecule has 0 saturated carbocycles. The first kappa shape index (κ1) is 14.2. The summed E-state index contributed by atoms with van der Waals surface area (Å²) in [6.07, 6.45) is 2.69. The molecule has 1 aliphatic heterocycles. The van der Waals surface area contributed by atoms with Crippen molar-refractivity contribution in [2.24, 2.45) is 0 Å². The Hall–Kier alpha value is -2.76. The molecule has 1 aliphatic rings. The number of ether oxygens (including phenoxy) is 2. The van der Waals surface area contributed by atoms with Crippen molar-refractivity contribution in [3.63, 3.8) is 0 Å². The minimum atomic E-state index is -0.263. The molecule has 22 heavy (non-hydrogen) atoms. The van der Waals surface area contributed by atoms with E-state index >= 15 is 0 Å². The quantitative estimate of drug-likeness (QED) is 0.888. The van der Waals surface area contributed by atoms with Gasteiger partial charge in [-0.15, -0.1) is 0 Å². The van der Waals surface area contributed by atoms with E-state index in [0.29, 0.717) is 22.9 Å². The third-order valence-corrected chi connectivity index (χ3v) is 3.21. The minimum absolute atomic E-state index is 0.209. The Kier molecular flexibility index (Phi) is 4.09. The van der Waals surface area contributed by atoms with Crippen LogP contribution in [0.15, 0.2) is 36.5 Å². The van der Waals surface area contributed by atoms with Gasteiger partial charge >= 0.3 is 0 Å².